The number of aryl methyl sites for hydroxylation is 1. The SMILES string of the molecule is CCCOC1CN(CCCn2cc(-c3cnc4ccc(Nc5cc(C(C)C)cnn5)nc4c3)cn2)C1. The van der Waals surface area contributed by atoms with E-state index in [2.05, 4.69) is 63.5 Å². The summed E-state index contributed by atoms with van der Waals surface area (Å²) in [5.74, 6) is 1.77. The lowest BCUT2D eigenvalue weighted by Crippen LogP contribution is -2.52. The summed E-state index contributed by atoms with van der Waals surface area (Å²) in [5, 5.41) is 16.1. The van der Waals surface area contributed by atoms with Crippen molar-refractivity contribution >= 4 is 22.7 Å². The Hall–Kier alpha value is -3.43. The third-order valence-electron chi connectivity index (χ3n) is 6.45. The molecule has 5 rings (SSSR count). The van der Waals surface area contributed by atoms with E-state index < -0.39 is 0 Å². The molecule has 0 radical (unpaired) electrons. The average molecular weight is 487 g/mol. The van der Waals surface area contributed by atoms with Crippen molar-refractivity contribution in [3.05, 3.63) is 54.6 Å². The summed E-state index contributed by atoms with van der Waals surface area (Å²) in [4.78, 5) is 11.8. The van der Waals surface area contributed by atoms with Crippen LogP contribution in [0.15, 0.2) is 49.1 Å². The molecule has 1 fully saturated rings. The predicted molar refractivity (Wildman–Crippen MR) is 141 cm³/mol. The number of nitrogens with zero attached hydrogens (tertiary/aromatic N) is 7. The van der Waals surface area contributed by atoms with Crippen LogP contribution in [-0.4, -0.2) is 67.2 Å². The molecule has 1 aliphatic heterocycles. The number of hydrogen-bond donors (Lipinski definition) is 1. The molecule has 0 aliphatic carbocycles. The van der Waals surface area contributed by atoms with Gasteiger partial charge in [0.25, 0.3) is 0 Å². The highest BCUT2D eigenvalue weighted by molar-refractivity contribution is 5.81. The highest BCUT2D eigenvalue weighted by Gasteiger charge is 2.26. The van der Waals surface area contributed by atoms with Crippen LogP contribution in [0, 0.1) is 0 Å². The number of aromatic nitrogens is 6. The Morgan fingerprint density at radius 2 is 1.92 bits per heavy atom. The van der Waals surface area contributed by atoms with E-state index in [1.807, 2.05) is 35.3 Å². The largest absolute Gasteiger partial charge is 0.376 e. The molecule has 1 aliphatic rings. The summed E-state index contributed by atoms with van der Waals surface area (Å²) >= 11 is 0. The number of nitrogens with one attached hydrogen (secondary N) is 1. The summed E-state index contributed by atoms with van der Waals surface area (Å²) in [6.45, 7) is 11.3. The molecular weight excluding hydrogens is 452 g/mol. The predicted octanol–water partition coefficient (Wildman–Crippen LogP) is 4.65. The first kappa shape index (κ1) is 24.3. The van der Waals surface area contributed by atoms with Gasteiger partial charge in [-0.3, -0.25) is 14.6 Å². The maximum absolute atomic E-state index is 5.77. The van der Waals surface area contributed by atoms with Crippen LogP contribution in [0.3, 0.4) is 0 Å². The fraction of sp³-hybridized carbons (Fsp3) is 0.444. The van der Waals surface area contributed by atoms with E-state index in [1.165, 1.54) is 0 Å². The van der Waals surface area contributed by atoms with Crippen molar-refractivity contribution in [3.8, 4) is 11.1 Å². The molecule has 9 nitrogen and oxygen atoms in total. The van der Waals surface area contributed by atoms with E-state index in [4.69, 9.17) is 9.72 Å². The highest BCUT2D eigenvalue weighted by Crippen LogP contribution is 2.24. The Labute approximate surface area is 211 Å². The third kappa shape index (κ3) is 5.85. The van der Waals surface area contributed by atoms with Crippen LogP contribution in [0.1, 0.15) is 45.1 Å². The monoisotopic (exact) mass is 486 g/mol. The second kappa shape index (κ2) is 11.1. The maximum atomic E-state index is 5.77. The molecule has 0 saturated carbocycles. The Balaban J connectivity index is 1.20. The number of rotatable bonds is 11. The van der Waals surface area contributed by atoms with Gasteiger partial charge in [0.15, 0.2) is 5.82 Å². The van der Waals surface area contributed by atoms with Gasteiger partial charge in [-0.1, -0.05) is 20.8 Å². The summed E-state index contributed by atoms with van der Waals surface area (Å²) in [7, 11) is 0. The third-order valence-corrected chi connectivity index (χ3v) is 6.45. The van der Waals surface area contributed by atoms with Crippen molar-refractivity contribution in [2.75, 3.05) is 31.6 Å². The Bertz CT molecular complexity index is 1300. The van der Waals surface area contributed by atoms with E-state index in [-0.39, 0.29) is 0 Å². The van der Waals surface area contributed by atoms with Gasteiger partial charge in [-0.25, -0.2) is 4.98 Å². The second-order valence-corrected chi connectivity index (χ2v) is 9.71. The van der Waals surface area contributed by atoms with Gasteiger partial charge in [-0.15, -0.1) is 5.10 Å². The van der Waals surface area contributed by atoms with E-state index in [0.29, 0.717) is 23.7 Å². The van der Waals surface area contributed by atoms with Crippen molar-refractivity contribution in [2.24, 2.45) is 0 Å². The minimum Gasteiger partial charge on any atom is -0.376 e. The molecule has 0 bridgehead atoms. The normalized spacial score (nSPS) is 14.4. The summed E-state index contributed by atoms with van der Waals surface area (Å²) in [6.07, 6.45) is 10.2. The average Bonchev–Trinajstić information content (AvgIpc) is 3.33. The van der Waals surface area contributed by atoms with Gasteiger partial charge in [-0.05, 0) is 48.6 Å². The smallest absolute Gasteiger partial charge is 0.154 e. The quantitative estimate of drug-likeness (QED) is 0.327. The van der Waals surface area contributed by atoms with Crippen LogP contribution in [0.2, 0.25) is 0 Å². The number of anilines is 2. The lowest BCUT2D eigenvalue weighted by Gasteiger charge is -2.38. The fourth-order valence-corrected chi connectivity index (χ4v) is 4.31. The van der Waals surface area contributed by atoms with Crippen LogP contribution in [0.5, 0.6) is 0 Å². The number of hydrogen-bond acceptors (Lipinski definition) is 8. The van der Waals surface area contributed by atoms with Gasteiger partial charge in [0.05, 0.1) is 29.5 Å². The van der Waals surface area contributed by atoms with E-state index in [9.17, 15) is 0 Å². The Kier molecular flexibility index (Phi) is 7.48. The molecule has 0 unspecified atom stereocenters. The van der Waals surface area contributed by atoms with Crippen molar-refractivity contribution in [1.29, 1.82) is 0 Å². The van der Waals surface area contributed by atoms with Gasteiger partial charge in [0.2, 0.25) is 0 Å². The molecule has 4 aromatic rings. The zero-order valence-corrected chi connectivity index (χ0v) is 21.3. The summed E-state index contributed by atoms with van der Waals surface area (Å²) < 4.78 is 7.78. The van der Waals surface area contributed by atoms with Gasteiger partial charge in [-0.2, -0.15) is 10.2 Å². The Morgan fingerprint density at radius 1 is 1.03 bits per heavy atom. The molecule has 1 saturated heterocycles. The number of fused-ring (bicyclic) bond motifs is 1. The molecule has 0 atom stereocenters. The number of likely N-dealkylation sites (tertiary alicyclic amines) is 1. The molecule has 4 aromatic heterocycles. The number of ether oxygens (including phenoxy) is 1. The van der Waals surface area contributed by atoms with Crippen LogP contribution >= 0.6 is 0 Å². The van der Waals surface area contributed by atoms with Crippen molar-refractivity contribution in [1.82, 2.24) is 34.8 Å². The topological polar surface area (TPSA) is 93.9 Å². The van der Waals surface area contributed by atoms with E-state index >= 15 is 0 Å². The molecule has 188 valence electrons. The van der Waals surface area contributed by atoms with Gasteiger partial charge in [0.1, 0.15) is 5.82 Å². The zero-order valence-electron chi connectivity index (χ0n) is 21.3. The van der Waals surface area contributed by atoms with Crippen molar-refractivity contribution < 1.29 is 4.74 Å². The molecule has 0 spiro atoms. The molecule has 0 amide bonds. The minimum atomic E-state index is 0.381. The highest BCUT2D eigenvalue weighted by atomic mass is 16.5. The van der Waals surface area contributed by atoms with Crippen LogP contribution in [-0.2, 0) is 11.3 Å². The van der Waals surface area contributed by atoms with Crippen molar-refractivity contribution in [3.63, 3.8) is 0 Å². The van der Waals surface area contributed by atoms with E-state index in [1.54, 1.807) is 6.20 Å². The zero-order chi connectivity index (χ0) is 24.9. The molecule has 0 aromatic carbocycles. The van der Waals surface area contributed by atoms with Gasteiger partial charge < -0.3 is 10.1 Å². The van der Waals surface area contributed by atoms with Crippen molar-refractivity contribution in [2.45, 2.75) is 52.2 Å². The molecule has 1 N–H and O–H groups in total. The fourth-order valence-electron chi connectivity index (χ4n) is 4.31. The molecular formula is C27H34N8O. The standard InChI is InChI=1S/C27H34N8O/c1-4-10-36-23-17-34(18-23)8-5-9-35-16-22(15-30-35)21-11-25-24(28-13-21)6-7-26(31-25)32-27-12-20(19(2)3)14-29-33-27/h6-7,11-16,19,23H,4-5,8-10,17-18H2,1-3H3,(H,31,32,33). The molecule has 9 heteroatoms. The number of pyridine rings is 2. The summed E-state index contributed by atoms with van der Waals surface area (Å²) in [5.41, 5.74) is 4.82. The van der Waals surface area contributed by atoms with E-state index in [0.717, 1.165) is 73.4 Å². The molecule has 36 heavy (non-hydrogen) atoms. The first-order valence-electron chi connectivity index (χ1n) is 12.8. The van der Waals surface area contributed by atoms with Gasteiger partial charge >= 0.3 is 0 Å². The minimum absolute atomic E-state index is 0.381. The summed E-state index contributed by atoms with van der Waals surface area (Å²) in [6, 6.07) is 7.94. The lowest BCUT2D eigenvalue weighted by atomic mass is 10.1. The lowest BCUT2D eigenvalue weighted by molar-refractivity contribution is -0.0544. The molecule has 5 heterocycles. The van der Waals surface area contributed by atoms with Gasteiger partial charge in [0, 0.05) is 56.3 Å². The van der Waals surface area contributed by atoms with Crippen LogP contribution in [0.4, 0.5) is 11.6 Å². The van der Waals surface area contributed by atoms with Crippen LogP contribution in [0.25, 0.3) is 22.2 Å². The second-order valence-electron chi connectivity index (χ2n) is 9.71. The first-order valence-corrected chi connectivity index (χ1v) is 12.8. The Morgan fingerprint density at radius 3 is 2.75 bits per heavy atom. The maximum Gasteiger partial charge on any atom is 0.154 e. The van der Waals surface area contributed by atoms with Crippen LogP contribution < -0.4 is 5.32 Å². The first-order chi connectivity index (χ1) is 17.6.